The van der Waals surface area contributed by atoms with Crippen molar-refractivity contribution in [3.05, 3.63) is 128 Å². The van der Waals surface area contributed by atoms with Gasteiger partial charge in [-0.25, -0.2) is 10.2 Å². The van der Waals surface area contributed by atoms with E-state index in [0.29, 0.717) is 38.7 Å². The Labute approximate surface area is 232 Å². The first-order valence-electron chi connectivity index (χ1n) is 11.4. The summed E-state index contributed by atoms with van der Waals surface area (Å²) < 4.78 is 6.31. The number of esters is 1. The molecule has 4 aromatic rings. The fraction of sp³-hybridized carbons (Fsp3) is 0.0345. The lowest BCUT2D eigenvalue weighted by Gasteiger charge is -2.09. The van der Waals surface area contributed by atoms with E-state index in [1.165, 1.54) is 6.21 Å². The van der Waals surface area contributed by atoms with E-state index in [1.54, 1.807) is 84.9 Å². The summed E-state index contributed by atoms with van der Waals surface area (Å²) in [7, 11) is 0. The quantitative estimate of drug-likeness (QED) is 0.109. The second-order valence-corrected chi connectivity index (χ2v) is 9.53. The molecule has 0 fully saturated rings. The second-order valence-electron chi connectivity index (χ2n) is 8.18. The third kappa shape index (κ3) is 7.15. The second kappa shape index (κ2) is 12.3. The van der Waals surface area contributed by atoms with Crippen LogP contribution in [-0.4, -0.2) is 24.0 Å². The van der Waals surface area contributed by atoms with Crippen LogP contribution in [0.15, 0.2) is 101 Å². The third-order valence-corrected chi connectivity index (χ3v) is 6.05. The Bertz CT molecular complexity index is 1520. The Hall–Kier alpha value is -4.27. The van der Waals surface area contributed by atoms with Crippen molar-refractivity contribution in [2.45, 2.75) is 6.92 Å². The molecule has 2 amide bonds. The number of aryl methyl sites for hydroxylation is 1. The summed E-state index contributed by atoms with van der Waals surface area (Å²) in [6, 6.07) is 25.1. The van der Waals surface area contributed by atoms with Gasteiger partial charge in [0, 0.05) is 31.9 Å². The van der Waals surface area contributed by atoms with Crippen molar-refractivity contribution >= 4 is 57.2 Å². The van der Waals surface area contributed by atoms with Crippen LogP contribution >= 0.6 is 27.5 Å². The first-order valence-corrected chi connectivity index (χ1v) is 12.5. The van der Waals surface area contributed by atoms with Crippen LogP contribution in [-0.2, 0) is 0 Å². The van der Waals surface area contributed by atoms with E-state index in [-0.39, 0.29) is 5.91 Å². The molecule has 7 nitrogen and oxygen atoms in total. The molecule has 0 heterocycles. The van der Waals surface area contributed by atoms with Crippen molar-refractivity contribution in [1.82, 2.24) is 5.43 Å². The number of amides is 2. The highest BCUT2D eigenvalue weighted by Crippen LogP contribution is 2.23. The van der Waals surface area contributed by atoms with Crippen LogP contribution < -0.4 is 15.5 Å². The van der Waals surface area contributed by atoms with Crippen LogP contribution in [0, 0.1) is 6.92 Å². The van der Waals surface area contributed by atoms with Crippen molar-refractivity contribution in [2.24, 2.45) is 5.10 Å². The molecule has 0 radical (unpaired) electrons. The van der Waals surface area contributed by atoms with E-state index < -0.39 is 11.9 Å². The number of halogens is 2. The Kier molecular flexibility index (Phi) is 8.68. The standard InChI is InChI=1S/C29H21BrClN3O4/c1-18-3-2-4-21(15-18)29(37)38-26-14-9-23(30)16-22(26)17-32-34-28(36)20-7-12-25(13-8-20)33-27(35)19-5-10-24(31)11-6-19/h2-17H,1H3,(H,33,35)(H,34,36)/b32-17-. The summed E-state index contributed by atoms with van der Waals surface area (Å²) in [6.07, 6.45) is 1.39. The number of benzene rings is 4. The molecular weight excluding hydrogens is 570 g/mol. The zero-order valence-electron chi connectivity index (χ0n) is 20.1. The molecule has 38 heavy (non-hydrogen) atoms. The van der Waals surface area contributed by atoms with Crippen molar-refractivity contribution in [2.75, 3.05) is 5.32 Å². The van der Waals surface area contributed by atoms with Crippen molar-refractivity contribution in [3.63, 3.8) is 0 Å². The predicted octanol–water partition coefficient (Wildman–Crippen LogP) is 6.65. The van der Waals surface area contributed by atoms with E-state index in [0.717, 1.165) is 10.0 Å². The van der Waals surface area contributed by atoms with E-state index in [4.69, 9.17) is 16.3 Å². The molecule has 9 heteroatoms. The third-order valence-electron chi connectivity index (χ3n) is 5.31. The number of rotatable bonds is 7. The summed E-state index contributed by atoms with van der Waals surface area (Å²) in [5, 5.41) is 7.32. The van der Waals surface area contributed by atoms with Crippen molar-refractivity contribution in [1.29, 1.82) is 0 Å². The van der Waals surface area contributed by atoms with Gasteiger partial charge < -0.3 is 10.1 Å². The van der Waals surface area contributed by atoms with Gasteiger partial charge in [0.1, 0.15) is 5.75 Å². The monoisotopic (exact) mass is 589 g/mol. The first-order chi connectivity index (χ1) is 18.3. The molecule has 0 aliphatic rings. The zero-order chi connectivity index (χ0) is 27.1. The van der Waals surface area contributed by atoms with Gasteiger partial charge in [-0.05, 0) is 85.8 Å². The van der Waals surface area contributed by atoms with E-state index in [9.17, 15) is 14.4 Å². The van der Waals surface area contributed by atoms with Gasteiger partial charge in [-0.1, -0.05) is 45.2 Å². The minimum atomic E-state index is -0.502. The topological polar surface area (TPSA) is 96.9 Å². The summed E-state index contributed by atoms with van der Waals surface area (Å²) in [5.74, 6) is -0.960. The molecule has 4 rings (SSSR count). The Morgan fingerprint density at radius 3 is 2.24 bits per heavy atom. The normalized spacial score (nSPS) is 10.7. The number of carbonyl (C=O) groups is 3. The van der Waals surface area contributed by atoms with Crippen LogP contribution in [0.25, 0.3) is 0 Å². The smallest absolute Gasteiger partial charge is 0.343 e. The molecule has 0 unspecified atom stereocenters. The van der Waals surface area contributed by atoms with Crippen LogP contribution in [0.1, 0.15) is 42.2 Å². The maximum atomic E-state index is 12.6. The van der Waals surface area contributed by atoms with Crippen molar-refractivity contribution < 1.29 is 19.1 Å². The molecule has 0 aromatic heterocycles. The highest BCUT2D eigenvalue weighted by Gasteiger charge is 2.12. The maximum absolute atomic E-state index is 12.6. The van der Waals surface area contributed by atoms with Crippen LogP contribution in [0.3, 0.4) is 0 Å². The van der Waals surface area contributed by atoms with E-state index >= 15 is 0 Å². The number of nitrogens with one attached hydrogen (secondary N) is 2. The number of hydrogen-bond donors (Lipinski definition) is 2. The number of carbonyl (C=O) groups excluding carboxylic acids is 3. The largest absolute Gasteiger partial charge is 0.422 e. The van der Waals surface area contributed by atoms with Crippen LogP contribution in [0.2, 0.25) is 5.02 Å². The summed E-state index contributed by atoms with van der Waals surface area (Å²) in [6.45, 7) is 1.89. The number of hydrogen-bond acceptors (Lipinski definition) is 5. The molecule has 0 spiro atoms. The van der Waals surface area contributed by atoms with Crippen LogP contribution in [0.4, 0.5) is 5.69 Å². The lowest BCUT2D eigenvalue weighted by molar-refractivity contribution is 0.0733. The lowest BCUT2D eigenvalue weighted by atomic mass is 10.1. The predicted molar refractivity (Wildman–Crippen MR) is 151 cm³/mol. The average Bonchev–Trinajstić information content (AvgIpc) is 2.90. The molecule has 2 N–H and O–H groups in total. The van der Waals surface area contributed by atoms with Gasteiger partial charge in [0.15, 0.2) is 0 Å². The summed E-state index contributed by atoms with van der Waals surface area (Å²) >= 11 is 9.25. The Morgan fingerprint density at radius 2 is 1.53 bits per heavy atom. The Balaban J connectivity index is 1.38. The Morgan fingerprint density at radius 1 is 0.842 bits per heavy atom. The van der Waals surface area contributed by atoms with Crippen molar-refractivity contribution in [3.8, 4) is 5.75 Å². The van der Waals surface area contributed by atoms with Gasteiger partial charge in [-0.3, -0.25) is 9.59 Å². The number of nitrogens with zero attached hydrogens (tertiary/aromatic N) is 1. The zero-order valence-corrected chi connectivity index (χ0v) is 22.4. The number of anilines is 1. The summed E-state index contributed by atoms with van der Waals surface area (Å²) in [5.41, 5.74) is 5.64. The SMILES string of the molecule is Cc1cccc(C(=O)Oc2ccc(Br)cc2/C=N\NC(=O)c2ccc(NC(=O)c3ccc(Cl)cc3)cc2)c1. The molecule has 0 saturated carbocycles. The first kappa shape index (κ1) is 26.8. The molecular formula is C29H21BrClN3O4. The lowest BCUT2D eigenvalue weighted by Crippen LogP contribution is -2.18. The van der Waals surface area contributed by atoms with Gasteiger partial charge in [-0.2, -0.15) is 5.10 Å². The van der Waals surface area contributed by atoms with E-state index in [2.05, 4.69) is 31.8 Å². The van der Waals surface area contributed by atoms with Gasteiger partial charge in [0.25, 0.3) is 11.8 Å². The van der Waals surface area contributed by atoms with Gasteiger partial charge >= 0.3 is 5.97 Å². The van der Waals surface area contributed by atoms with Crippen LogP contribution in [0.5, 0.6) is 5.75 Å². The highest BCUT2D eigenvalue weighted by molar-refractivity contribution is 9.10. The van der Waals surface area contributed by atoms with Gasteiger partial charge in [0.05, 0.1) is 11.8 Å². The fourth-order valence-corrected chi connectivity index (χ4v) is 3.88. The molecule has 0 saturated heterocycles. The maximum Gasteiger partial charge on any atom is 0.343 e. The summed E-state index contributed by atoms with van der Waals surface area (Å²) in [4.78, 5) is 37.5. The molecule has 0 aliphatic heterocycles. The van der Waals surface area contributed by atoms with Gasteiger partial charge in [-0.15, -0.1) is 0 Å². The molecule has 0 aliphatic carbocycles. The molecule has 0 atom stereocenters. The fourth-order valence-electron chi connectivity index (χ4n) is 3.38. The number of ether oxygens (including phenoxy) is 1. The molecule has 190 valence electrons. The van der Waals surface area contributed by atoms with Gasteiger partial charge in [0.2, 0.25) is 0 Å². The number of hydrazone groups is 1. The van der Waals surface area contributed by atoms with E-state index in [1.807, 2.05) is 13.0 Å². The minimum absolute atomic E-state index is 0.290. The highest BCUT2D eigenvalue weighted by atomic mass is 79.9. The minimum Gasteiger partial charge on any atom is -0.422 e. The molecule has 0 bridgehead atoms. The molecule has 4 aromatic carbocycles. The average molecular weight is 591 g/mol.